The van der Waals surface area contributed by atoms with Crippen LogP contribution in [0.25, 0.3) is 49.9 Å². The molecule has 0 radical (unpaired) electrons. The zero-order chi connectivity index (χ0) is 37.0. The largest absolute Gasteiger partial charge is 0.560 e. The van der Waals surface area contributed by atoms with Crippen LogP contribution in [-0.2, 0) is 0 Å². The van der Waals surface area contributed by atoms with E-state index < -0.39 is 0 Å². The maximum Gasteiger partial charge on any atom is 0.290 e. The number of hydrogen-bond acceptors (Lipinski definition) is 5. The smallest absolute Gasteiger partial charge is 0.290 e. The number of hydrogen-bond donors (Lipinski definition) is 1. The third kappa shape index (κ3) is 5.87. The molecule has 7 nitrogen and oxygen atoms in total. The van der Waals surface area contributed by atoms with Crippen LogP contribution in [0.4, 0.5) is 5.69 Å². The summed E-state index contributed by atoms with van der Waals surface area (Å²) in [5.41, 5.74) is 12.3. The Hall–Kier alpha value is -6.47. The number of dihydropyridines is 1. The average molecular weight is 720 g/mol. The van der Waals surface area contributed by atoms with Crippen molar-refractivity contribution < 1.29 is 4.74 Å². The first-order valence-electron chi connectivity index (χ1n) is 19.3. The fourth-order valence-electron chi connectivity index (χ4n) is 8.44. The summed E-state index contributed by atoms with van der Waals surface area (Å²) in [5, 5.41) is 6.03. The summed E-state index contributed by atoms with van der Waals surface area (Å²) in [4.78, 5) is 17.3. The molecule has 4 unspecified atom stereocenters. The van der Waals surface area contributed by atoms with Crippen LogP contribution in [0.3, 0.4) is 0 Å². The number of fused-ring (bicyclic) bond motifs is 5. The summed E-state index contributed by atoms with van der Waals surface area (Å²) in [6, 6.07) is 34.5. The summed E-state index contributed by atoms with van der Waals surface area (Å²) in [7, 11) is 2.09. The van der Waals surface area contributed by atoms with Crippen molar-refractivity contribution in [2.45, 2.75) is 26.0 Å². The minimum atomic E-state index is -0.106. The number of benzene rings is 4. The van der Waals surface area contributed by atoms with Crippen LogP contribution in [0.1, 0.15) is 48.6 Å². The van der Waals surface area contributed by atoms with E-state index in [-0.39, 0.29) is 24.0 Å². The van der Waals surface area contributed by atoms with Gasteiger partial charge in [-0.1, -0.05) is 92.7 Å². The molecule has 10 rings (SSSR count). The number of nitrogens with zero attached hydrogens (tertiary/aromatic N) is 5. The molecule has 0 amide bonds. The second kappa shape index (κ2) is 13.4. The van der Waals surface area contributed by atoms with Crippen LogP contribution < -0.4 is 5.32 Å². The van der Waals surface area contributed by atoms with Gasteiger partial charge in [0.2, 0.25) is 0 Å². The van der Waals surface area contributed by atoms with E-state index in [4.69, 9.17) is 14.7 Å². The van der Waals surface area contributed by atoms with Gasteiger partial charge in [-0.2, -0.15) is 0 Å². The predicted octanol–water partition coefficient (Wildman–Crippen LogP) is 10.4. The Kier molecular flexibility index (Phi) is 8.09. The van der Waals surface area contributed by atoms with Crippen molar-refractivity contribution in [2.75, 3.05) is 25.5 Å². The lowest BCUT2D eigenvalue weighted by Gasteiger charge is -2.25. The summed E-state index contributed by atoms with van der Waals surface area (Å²) < 4.78 is 7.64. The Morgan fingerprint density at radius 2 is 1.62 bits per heavy atom. The normalized spacial score (nSPS) is 21.6. The van der Waals surface area contributed by atoms with E-state index in [9.17, 15) is 0 Å². The number of aliphatic hydroxyl groups is 1. The molecule has 1 aliphatic carbocycles. The first-order valence-corrected chi connectivity index (χ1v) is 19.3. The highest BCUT2D eigenvalue weighted by molar-refractivity contribution is 6.15. The van der Waals surface area contributed by atoms with E-state index >= 15 is 0 Å². The quantitative estimate of drug-likeness (QED) is 0.137. The minimum Gasteiger partial charge on any atom is -0.560 e. The molecule has 4 atom stereocenters. The number of allylic oxidation sites excluding steroid dienone is 7. The van der Waals surface area contributed by atoms with Crippen molar-refractivity contribution in [1.82, 2.24) is 19.4 Å². The Labute approximate surface area is 321 Å². The lowest BCUT2D eigenvalue weighted by Crippen LogP contribution is -2.16. The summed E-state index contributed by atoms with van der Waals surface area (Å²) >= 11 is 0. The maximum absolute atomic E-state index is 5.29. The van der Waals surface area contributed by atoms with Crippen molar-refractivity contribution in [3.05, 3.63) is 162 Å². The van der Waals surface area contributed by atoms with Crippen molar-refractivity contribution >= 4 is 50.6 Å². The molecule has 0 saturated carbocycles. The number of rotatable bonds is 6. The summed E-state index contributed by atoms with van der Waals surface area (Å²) in [5.74, 6) is 2.29. The molecular formula is C48H43N6O+. The molecule has 4 aromatic carbocycles. The number of para-hydroxylation sites is 1. The predicted molar refractivity (Wildman–Crippen MR) is 227 cm³/mol. The van der Waals surface area contributed by atoms with Crippen molar-refractivity contribution in [3.63, 3.8) is 0 Å². The maximum atomic E-state index is 5.29. The summed E-state index contributed by atoms with van der Waals surface area (Å²) in [6.07, 6.45) is 17.5. The van der Waals surface area contributed by atoms with Gasteiger partial charge in [0.05, 0.1) is 28.0 Å². The molecule has 0 saturated heterocycles. The van der Waals surface area contributed by atoms with E-state index in [2.05, 4.69) is 174 Å². The molecule has 4 aliphatic rings. The van der Waals surface area contributed by atoms with E-state index in [0.29, 0.717) is 0 Å². The fourth-order valence-corrected chi connectivity index (χ4v) is 8.44. The molecule has 0 fully saturated rings. The number of aromatic nitrogens is 3. The van der Waals surface area contributed by atoms with Gasteiger partial charge in [-0.25, -0.2) is 9.97 Å². The van der Waals surface area contributed by atoms with Gasteiger partial charge in [-0.15, -0.1) is 0 Å². The molecule has 2 aromatic heterocycles. The lowest BCUT2D eigenvalue weighted by atomic mass is 9.87. The molecule has 55 heavy (non-hydrogen) atoms. The molecule has 7 heteroatoms. The molecular weight excluding hydrogens is 677 g/mol. The lowest BCUT2D eigenvalue weighted by molar-refractivity contribution is 0.0234. The van der Waals surface area contributed by atoms with Gasteiger partial charge < -0.3 is 14.2 Å². The zero-order valence-corrected chi connectivity index (χ0v) is 31.3. The number of ether oxygens (including phenoxy) is 1. The molecule has 270 valence electrons. The number of aliphatic imine (C=N–C) groups is 1. The highest BCUT2D eigenvalue weighted by Crippen LogP contribution is 2.49. The van der Waals surface area contributed by atoms with Crippen LogP contribution in [0.2, 0.25) is 0 Å². The zero-order valence-electron chi connectivity index (χ0n) is 31.3. The Bertz CT molecular complexity index is 2660. The van der Waals surface area contributed by atoms with Crippen LogP contribution >= 0.6 is 0 Å². The van der Waals surface area contributed by atoms with Crippen LogP contribution in [0, 0.1) is 11.8 Å². The Morgan fingerprint density at radius 3 is 2.42 bits per heavy atom. The number of likely N-dealkylation sites (N-methyl/N-ethyl adjacent to an activating group) is 1. The first-order chi connectivity index (χ1) is 27.0. The average Bonchev–Trinajstić information content (AvgIpc) is 3.81. The van der Waals surface area contributed by atoms with Gasteiger partial charge in [0.25, 0.3) is 12.0 Å². The first kappa shape index (κ1) is 33.1. The van der Waals surface area contributed by atoms with Crippen LogP contribution in [-0.4, -0.2) is 50.5 Å². The van der Waals surface area contributed by atoms with Gasteiger partial charge in [0.1, 0.15) is 16.9 Å². The fraction of sp³-hybridized carbons (Fsp3) is 0.188. The Balaban J connectivity index is 1.02. The van der Waals surface area contributed by atoms with E-state index in [0.717, 1.165) is 64.1 Å². The van der Waals surface area contributed by atoms with Crippen molar-refractivity contribution in [1.29, 1.82) is 0 Å². The van der Waals surface area contributed by atoms with Crippen molar-refractivity contribution in [3.8, 4) is 17.0 Å². The SMILES string of the molecule is CC1CN=CC=C1c1cc(-c2ccc(C3=CCN(C)C=C3)cc2)nc(C2C=CC(n3c4ccccc4c4c5c(ccc43)NC(c3ccccc3)[OH+]5)=CC2C)n1. The van der Waals surface area contributed by atoms with Gasteiger partial charge in [-0.3, -0.25) is 10.3 Å². The monoisotopic (exact) mass is 719 g/mol. The Morgan fingerprint density at radius 1 is 0.818 bits per heavy atom. The molecule has 6 aromatic rings. The third-order valence-electron chi connectivity index (χ3n) is 11.4. The highest BCUT2D eigenvalue weighted by atomic mass is 16.5. The van der Waals surface area contributed by atoms with Gasteiger partial charge in [0, 0.05) is 54.8 Å². The second-order valence-corrected chi connectivity index (χ2v) is 15.2. The molecule has 5 heterocycles. The summed E-state index contributed by atoms with van der Waals surface area (Å²) in [6.45, 7) is 6.18. The molecule has 2 N–H and O–H groups in total. The standard InChI is InChI=1S/C48H42N6O/c1-30-27-36(54-43-12-8-7-11-39(43)45-44(54)20-19-40-46(45)55-48(52-40)35-9-5-4-6-10-35)17-18-38(30)47-50-41(28-42(51-47)37-21-24-49-29-31(37)2)34-15-13-32(14-16-34)33-22-25-53(3)26-23-33/h4-25,27-28,30-31,38,48,52H,26,29H2,1-3H3/p+1. The van der Waals surface area contributed by atoms with Gasteiger partial charge >= 0.3 is 0 Å². The van der Waals surface area contributed by atoms with E-state index in [1.807, 2.05) is 12.3 Å². The molecule has 0 bridgehead atoms. The molecule has 0 spiro atoms. The number of nitrogens with one attached hydrogen (secondary N) is 1. The molecule has 3 aliphatic heterocycles. The highest BCUT2D eigenvalue weighted by Gasteiger charge is 2.33. The van der Waals surface area contributed by atoms with Crippen molar-refractivity contribution in [2.24, 2.45) is 16.8 Å². The topological polar surface area (TPSA) is 71.1 Å². The van der Waals surface area contributed by atoms with Gasteiger partial charge in [0.15, 0.2) is 0 Å². The number of anilines is 1. The van der Waals surface area contributed by atoms with Gasteiger partial charge in [-0.05, 0) is 83.5 Å². The van der Waals surface area contributed by atoms with E-state index in [1.54, 1.807) is 0 Å². The minimum absolute atomic E-state index is 0.00702. The van der Waals surface area contributed by atoms with Crippen LogP contribution in [0.15, 0.2) is 145 Å². The second-order valence-electron chi connectivity index (χ2n) is 15.2. The van der Waals surface area contributed by atoms with Crippen LogP contribution in [0.5, 0.6) is 5.75 Å². The van der Waals surface area contributed by atoms with E-state index in [1.165, 1.54) is 33.0 Å². The third-order valence-corrected chi connectivity index (χ3v) is 11.4. The number of aromatic hydroxyl groups is 1.